The van der Waals surface area contributed by atoms with E-state index < -0.39 is 66.8 Å². The van der Waals surface area contributed by atoms with Crippen LogP contribution >= 0.6 is 11.8 Å². The Morgan fingerprint density at radius 1 is 0.730 bits per heavy atom. The number of thioether (sulfide) groups is 1. The van der Waals surface area contributed by atoms with Crippen LogP contribution < -0.4 is 27.4 Å². The number of carbonyl (C=O) groups is 1. The SMILES string of the molecule is [B]c1c([B])c(-c2ccc(C(F)(F)F)cc2)c([B])c([B])c1CN(C(=O)C([B])([B])n1c(SC([B])([B])c2ccc(F)cc2)nc(=O)c2c1CCC2)C([B])([B])C([B])([B])N(C([B])([B])C)C([B])([B])C. The highest BCUT2D eigenvalue weighted by molar-refractivity contribution is 8.02. The van der Waals surface area contributed by atoms with Gasteiger partial charge in [-0.2, -0.15) is 18.2 Å². The summed E-state index contributed by atoms with van der Waals surface area (Å²) in [7, 11) is 105. The Balaban J connectivity index is 1.77. The van der Waals surface area contributed by atoms with Crippen molar-refractivity contribution in [1.82, 2.24) is 19.4 Å². The number of fused-ring (bicyclic) bond motifs is 1. The first-order valence-corrected chi connectivity index (χ1v) is 19.5. The largest absolute Gasteiger partial charge is 0.416 e. The van der Waals surface area contributed by atoms with Gasteiger partial charge in [-0.05, 0) is 81.0 Å². The predicted molar refractivity (Wildman–Crippen MR) is 255 cm³/mol. The first kappa shape index (κ1) is 51.1. The molecule has 0 aliphatic heterocycles. The zero-order chi connectivity index (χ0) is 47.8. The first-order chi connectivity index (χ1) is 28.6. The average molecular weight is 824 g/mol. The second-order valence-electron chi connectivity index (χ2n) is 16.0. The molecular formula is C36H22B16F4N4O2S. The molecule has 32 radical (unpaired) electrons. The molecule has 0 bridgehead atoms. The molecule has 4 aromatic rings. The highest BCUT2D eigenvalue weighted by atomic mass is 32.2. The zero-order valence-corrected chi connectivity index (χ0v) is 35.0. The lowest BCUT2D eigenvalue weighted by Gasteiger charge is -2.66. The van der Waals surface area contributed by atoms with E-state index in [9.17, 15) is 22.4 Å². The van der Waals surface area contributed by atoms with Gasteiger partial charge in [-0.3, -0.25) is 9.59 Å². The Hall–Kier alpha value is -2.92. The Labute approximate surface area is 390 Å². The average Bonchev–Trinajstić information content (AvgIpc) is 3.62. The van der Waals surface area contributed by atoms with E-state index >= 15 is 4.79 Å². The van der Waals surface area contributed by atoms with Crippen molar-refractivity contribution in [3.63, 3.8) is 0 Å². The topological polar surface area (TPSA) is 58.4 Å². The monoisotopic (exact) mass is 826 g/mol. The summed E-state index contributed by atoms with van der Waals surface area (Å²) in [6.45, 7) is 1.41. The van der Waals surface area contributed by atoms with E-state index in [0.717, 1.165) is 41.0 Å². The number of aromatic nitrogens is 2. The van der Waals surface area contributed by atoms with E-state index in [0.29, 0.717) is 28.0 Å². The zero-order valence-electron chi connectivity index (χ0n) is 34.2. The highest BCUT2D eigenvalue weighted by Gasteiger charge is 2.52. The third kappa shape index (κ3) is 9.67. The number of nitrogens with zero attached hydrogens (tertiary/aromatic N) is 4. The fourth-order valence-corrected chi connectivity index (χ4v) is 8.68. The van der Waals surface area contributed by atoms with E-state index in [1.807, 2.05) is 0 Å². The van der Waals surface area contributed by atoms with Crippen LogP contribution in [0.15, 0.2) is 58.5 Å². The summed E-state index contributed by atoms with van der Waals surface area (Å²) in [5.41, 5.74) is -2.84. The van der Waals surface area contributed by atoms with Crippen molar-refractivity contribution < 1.29 is 22.4 Å². The van der Waals surface area contributed by atoms with Crippen LogP contribution in [0.2, 0.25) is 0 Å². The van der Waals surface area contributed by atoms with Crippen LogP contribution in [0.1, 0.15) is 48.2 Å². The van der Waals surface area contributed by atoms with Crippen LogP contribution in [0.25, 0.3) is 11.1 Å². The van der Waals surface area contributed by atoms with Crippen molar-refractivity contribution in [1.29, 1.82) is 0 Å². The number of halogens is 4. The number of carbonyl (C=O) groups excluding carboxylic acids is 1. The van der Waals surface area contributed by atoms with Crippen LogP contribution in [0.3, 0.4) is 0 Å². The molecule has 27 heteroatoms. The maximum Gasteiger partial charge on any atom is 0.416 e. The van der Waals surface area contributed by atoms with Crippen LogP contribution in [0.4, 0.5) is 17.6 Å². The first-order valence-electron chi connectivity index (χ1n) is 18.7. The molecule has 1 aromatic heterocycles. The molecule has 5 rings (SSSR count). The molecule has 1 amide bonds. The molecule has 280 valence electrons. The molecule has 0 N–H and O–H groups in total. The van der Waals surface area contributed by atoms with Crippen molar-refractivity contribution in [2.24, 2.45) is 0 Å². The van der Waals surface area contributed by atoms with Gasteiger partial charge in [0.25, 0.3) is 5.56 Å². The van der Waals surface area contributed by atoms with E-state index in [1.165, 1.54) is 26.0 Å². The molecule has 3 aromatic carbocycles. The molecule has 6 nitrogen and oxygen atoms in total. The van der Waals surface area contributed by atoms with E-state index in [1.54, 1.807) is 0 Å². The van der Waals surface area contributed by atoms with Gasteiger partial charge in [-0.25, -0.2) is 4.39 Å². The van der Waals surface area contributed by atoms with Gasteiger partial charge in [-0.15, -0.1) is 0 Å². The fraction of sp³-hybridized carbons (Fsp3) is 0.361. The molecule has 0 saturated heterocycles. The maximum absolute atomic E-state index is 15.5. The summed E-state index contributed by atoms with van der Waals surface area (Å²) in [6.07, 6.45) is -3.95. The van der Waals surface area contributed by atoms with Crippen molar-refractivity contribution >= 4 is 165 Å². The lowest BCUT2D eigenvalue weighted by molar-refractivity contribution is -0.138. The van der Waals surface area contributed by atoms with Crippen LogP contribution in [0, 0.1) is 5.82 Å². The van der Waals surface area contributed by atoms with Crippen LogP contribution in [-0.4, -0.2) is 172 Å². The quantitative estimate of drug-likeness (QED) is 0.0602. The van der Waals surface area contributed by atoms with Gasteiger partial charge < -0.3 is 14.4 Å². The number of amides is 1. The molecule has 1 heterocycles. The molecule has 0 spiro atoms. The minimum atomic E-state index is -4.66. The van der Waals surface area contributed by atoms with E-state index in [4.69, 9.17) is 126 Å². The third-order valence-corrected chi connectivity index (χ3v) is 11.7. The smallest absolute Gasteiger partial charge is 0.349 e. The Morgan fingerprint density at radius 2 is 1.22 bits per heavy atom. The van der Waals surface area contributed by atoms with Gasteiger partial charge in [0, 0.05) is 23.1 Å². The van der Waals surface area contributed by atoms with Crippen molar-refractivity contribution in [3.05, 3.63) is 92.6 Å². The number of benzene rings is 3. The summed E-state index contributed by atoms with van der Waals surface area (Å²) in [5.74, 6) is -2.04. The van der Waals surface area contributed by atoms with E-state index in [-0.39, 0.29) is 73.4 Å². The number of hydrogen-bond acceptors (Lipinski definition) is 5. The molecule has 63 heavy (non-hydrogen) atoms. The van der Waals surface area contributed by atoms with Gasteiger partial charge >= 0.3 is 6.18 Å². The van der Waals surface area contributed by atoms with Crippen molar-refractivity contribution in [2.45, 2.75) is 82.2 Å². The molecule has 0 atom stereocenters. The van der Waals surface area contributed by atoms with Gasteiger partial charge in [-0.1, -0.05) is 82.4 Å². The van der Waals surface area contributed by atoms with E-state index in [2.05, 4.69) is 4.98 Å². The number of hydrogen-bond donors (Lipinski definition) is 0. The van der Waals surface area contributed by atoms with Crippen molar-refractivity contribution in [2.75, 3.05) is 0 Å². The normalized spacial score (nSPS) is 14.1. The fourth-order valence-electron chi connectivity index (χ4n) is 7.64. The van der Waals surface area contributed by atoms with Gasteiger partial charge in [0.15, 0.2) is 5.16 Å². The third-order valence-electron chi connectivity index (χ3n) is 10.6. The molecular weight excluding hydrogens is 801 g/mol. The Kier molecular flexibility index (Phi) is 14.1. The lowest BCUT2D eigenvalue weighted by Crippen LogP contribution is -2.82. The second kappa shape index (κ2) is 17.4. The number of rotatable bonds is 13. The molecule has 0 saturated carbocycles. The Morgan fingerprint density at radius 3 is 1.70 bits per heavy atom. The predicted octanol–water partition coefficient (Wildman–Crippen LogP) is -3.75. The number of alkyl halides is 3. The Bertz CT molecular complexity index is 2430. The second-order valence-corrected chi connectivity index (χ2v) is 17.2. The minimum absolute atomic E-state index is 0.0638. The highest BCUT2D eigenvalue weighted by Crippen LogP contribution is 2.40. The summed E-state index contributed by atoms with van der Waals surface area (Å²) in [4.78, 5) is 34.3. The van der Waals surface area contributed by atoms with Crippen LogP contribution in [-0.2, 0) is 40.2 Å². The summed E-state index contributed by atoms with van der Waals surface area (Å²) >= 11 is 0.539. The standard InChI is InChI=1S/C36H22B16F4N4O2S/c1-30(41,42)60(31(2,43)44)36(51,52)35(49,50)58(14-20-23(37)25(39)22(26(40)24(20)38)15-6-8-17(9-7-15)34(54,55)56)28(62)32(45,46)59-21-5-3-4-19(21)27(61)57-29(59)63-33(47,48)16-10-12-18(53)13-11-16/h6-13H,3-5,14H2,1-2H3. The van der Waals surface area contributed by atoms with Crippen LogP contribution in [0.5, 0.6) is 0 Å². The summed E-state index contributed by atoms with van der Waals surface area (Å²) in [6, 6.07) is 8.54. The van der Waals surface area contributed by atoms with Crippen molar-refractivity contribution in [3.8, 4) is 11.1 Å². The lowest BCUT2D eigenvalue weighted by atomic mass is 9.33. The molecule has 0 unspecified atom stereocenters. The van der Waals surface area contributed by atoms with Gasteiger partial charge in [0.1, 0.15) is 52.9 Å². The van der Waals surface area contributed by atoms with Gasteiger partial charge in [0.2, 0.25) is 5.91 Å². The van der Waals surface area contributed by atoms with Gasteiger partial charge in [0.05, 0.1) is 84.0 Å². The summed E-state index contributed by atoms with van der Waals surface area (Å²) < 4.78 is 53.2. The summed E-state index contributed by atoms with van der Waals surface area (Å²) in [5, 5.41) is -13.5. The minimum Gasteiger partial charge on any atom is -0.349 e. The maximum atomic E-state index is 15.5. The molecule has 1 aliphatic rings. The molecule has 0 fully saturated rings. The molecule has 1 aliphatic carbocycles.